The number of benzene rings is 1. The lowest BCUT2D eigenvalue weighted by Gasteiger charge is -2.13. The van der Waals surface area contributed by atoms with Crippen molar-refractivity contribution < 1.29 is 4.74 Å². The van der Waals surface area contributed by atoms with Crippen LogP contribution in [0.5, 0.6) is 5.88 Å². The van der Waals surface area contributed by atoms with Crippen LogP contribution in [-0.4, -0.2) is 11.6 Å². The predicted octanol–water partition coefficient (Wildman–Crippen LogP) is 3.23. The quantitative estimate of drug-likeness (QED) is 0.884. The van der Waals surface area contributed by atoms with Crippen molar-refractivity contribution in [3.63, 3.8) is 0 Å². The van der Waals surface area contributed by atoms with Gasteiger partial charge in [-0.15, -0.1) is 0 Å². The van der Waals surface area contributed by atoms with Crippen LogP contribution < -0.4 is 10.1 Å². The Bertz CT molecular complexity index is 696. The van der Waals surface area contributed by atoms with Gasteiger partial charge in [0.2, 0.25) is 5.88 Å². The Morgan fingerprint density at radius 1 is 1.14 bits per heavy atom. The molecule has 0 aliphatic carbocycles. The first-order valence-corrected chi connectivity index (χ1v) is 7.04. The van der Waals surface area contributed by atoms with Crippen molar-refractivity contribution >= 4 is 5.69 Å². The Kier molecular flexibility index (Phi) is 5.34. The number of hydrogen-bond acceptors (Lipinski definition) is 5. The molecule has 0 spiro atoms. The van der Waals surface area contributed by atoms with Crippen molar-refractivity contribution in [1.29, 1.82) is 10.5 Å². The first-order chi connectivity index (χ1) is 10.8. The average Bonchev–Trinajstić information content (AvgIpc) is 2.58. The molecule has 2 aromatic rings. The maximum Gasteiger partial charge on any atom is 0.218 e. The summed E-state index contributed by atoms with van der Waals surface area (Å²) in [6.45, 7) is 3.06. The fourth-order valence-corrected chi connectivity index (χ4v) is 2.00. The van der Waals surface area contributed by atoms with E-state index in [2.05, 4.69) is 22.4 Å². The van der Waals surface area contributed by atoms with Gasteiger partial charge in [-0.3, -0.25) is 0 Å². The van der Waals surface area contributed by atoms with Gasteiger partial charge in [-0.25, -0.2) is 4.98 Å². The zero-order valence-electron chi connectivity index (χ0n) is 12.3. The molecule has 1 heterocycles. The second kappa shape index (κ2) is 7.66. The lowest BCUT2D eigenvalue weighted by atomic mass is 10.1. The summed E-state index contributed by atoms with van der Waals surface area (Å²) >= 11 is 0. The molecule has 22 heavy (non-hydrogen) atoms. The Hall–Kier alpha value is -3.05. The van der Waals surface area contributed by atoms with E-state index in [9.17, 15) is 0 Å². The van der Waals surface area contributed by atoms with Crippen LogP contribution in [0, 0.1) is 22.7 Å². The van der Waals surface area contributed by atoms with E-state index in [0.717, 1.165) is 12.0 Å². The summed E-state index contributed by atoms with van der Waals surface area (Å²) < 4.78 is 5.61. The molecule has 0 aliphatic rings. The van der Waals surface area contributed by atoms with Crippen molar-refractivity contribution in [2.24, 2.45) is 0 Å². The average molecular weight is 292 g/mol. The van der Waals surface area contributed by atoms with Gasteiger partial charge in [0.05, 0.1) is 23.4 Å². The summed E-state index contributed by atoms with van der Waals surface area (Å²) in [7, 11) is 0. The molecule has 5 heteroatoms. The summed E-state index contributed by atoms with van der Waals surface area (Å²) in [4.78, 5) is 4.22. The Morgan fingerprint density at radius 2 is 1.86 bits per heavy atom. The molecule has 0 bridgehead atoms. The highest BCUT2D eigenvalue weighted by molar-refractivity contribution is 5.66. The number of pyridine rings is 1. The zero-order chi connectivity index (χ0) is 15.8. The van der Waals surface area contributed by atoms with E-state index in [1.54, 1.807) is 24.4 Å². The van der Waals surface area contributed by atoms with E-state index >= 15 is 0 Å². The molecule has 2 rings (SSSR count). The first-order valence-electron chi connectivity index (χ1n) is 7.04. The first kappa shape index (κ1) is 15.3. The van der Waals surface area contributed by atoms with Gasteiger partial charge in [-0.1, -0.05) is 19.1 Å². The van der Waals surface area contributed by atoms with Crippen LogP contribution in [0.2, 0.25) is 0 Å². The zero-order valence-corrected chi connectivity index (χ0v) is 12.3. The van der Waals surface area contributed by atoms with Crippen LogP contribution in [-0.2, 0) is 6.54 Å². The second-order valence-corrected chi connectivity index (χ2v) is 4.62. The van der Waals surface area contributed by atoms with Crippen molar-refractivity contribution in [3.8, 4) is 18.0 Å². The standard InChI is InChI=1S/C17H16N4O/c1-2-9-22-17-15(7-4-8-20-17)12-21-16-13(10-18)5-3-6-14(16)11-19/h3-8,21H,2,9,12H2,1H3. The van der Waals surface area contributed by atoms with E-state index in [1.807, 2.05) is 19.1 Å². The predicted molar refractivity (Wildman–Crippen MR) is 83.2 cm³/mol. The summed E-state index contributed by atoms with van der Waals surface area (Å²) in [5.74, 6) is 0.574. The summed E-state index contributed by atoms with van der Waals surface area (Å²) in [5, 5.41) is 21.5. The van der Waals surface area contributed by atoms with E-state index in [1.165, 1.54) is 0 Å². The molecular formula is C17H16N4O. The van der Waals surface area contributed by atoms with E-state index in [-0.39, 0.29) is 0 Å². The molecular weight excluding hydrogens is 276 g/mol. The highest BCUT2D eigenvalue weighted by atomic mass is 16.5. The van der Waals surface area contributed by atoms with Gasteiger partial charge in [0, 0.05) is 18.3 Å². The number of para-hydroxylation sites is 1. The molecule has 1 aromatic heterocycles. The molecule has 1 aromatic carbocycles. The minimum Gasteiger partial charge on any atom is -0.477 e. The van der Waals surface area contributed by atoms with Gasteiger partial charge in [0.1, 0.15) is 12.1 Å². The van der Waals surface area contributed by atoms with Gasteiger partial charge < -0.3 is 10.1 Å². The van der Waals surface area contributed by atoms with Crippen LogP contribution in [0.1, 0.15) is 30.0 Å². The molecule has 110 valence electrons. The SMILES string of the molecule is CCCOc1ncccc1CNc1c(C#N)cccc1C#N. The number of nitrogens with one attached hydrogen (secondary N) is 1. The molecule has 1 N–H and O–H groups in total. The molecule has 0 unspecified atom stereocenters. The van der Waals surface area contributed by atoms with E-state index in [0.29, 0.717) is 35.8 Å². The van der Waals surface area contributed by atoms with Gasteiger partial charge >= 0.3 is 0 Å². The number of ether oxygens (including phenoxy) is 1. The lowest BCUT2D eigenvalue weighted by Crippen LogP contribution is -2.07. The molecule has 5 nitrogen and oxygen atoms in total. The van der Waals surface area contributed by atoms with Crippen LogP contribution in [0.25, 0.3) is 0 Å². The topological polar surface area (TPSA) is 81.7 Å². The Balaban J connectivity index is 2.21. The van der Waals surface area contributed by atoms with Crippen molar-refractivity contribution in [3.05, 3.63) is 53.2 Å². The van der Waals surface area contributed by atoms with Gasteiger partial charge in [-0.05, 0) is 24.6 Å². The third-order valence-corrected chi connectivity index (χ3v) is 3.05. The number of rotatable bonds is 6. The van der Waals surface area contributed by atoms with Gasteiger partial charge in [0.15, 0.2) is 0 Å². The molecule has 0 aliphatic heterocycles. The fraction of sp³-hybridized carbons (Fsp3) is 0.235. The van der Waals surface area contributed by atoms with Crippen LogP contribution in [0.4, 0.5) is 5.69 Å². The van der Waals surface area contributed by atoms with Gasteiger partial charge in [-0.2, -0.15) is 10.5 Å². The third kappa shape index (κ3) is 3.53. The largest absolute Gasteiger partial charge is 0.477 e. The summed E-state index contributed by atoms with van der Waals surface area (Å²) in [6.07, 6.45) is 2.58. The van der Waals surface area contributed by atoms with Crippen molar-refractivity contribution in [2.75, 3.05) is 11.9 Å². The van der Waals surface area contributed by atoms with E-state index < -0.39 is 0 Å². The number of nitriles is 2. The van der Waals surface area contributed by atoms with E-state index in [4.69, 9.17) is 15.3 Å². The van der Waals surface area contributed by atoms with Crippen LogP contribution in [0.3, 0.4) is 0 Å². The fourth-order valence-electron chi connectivity index (χ4n) is 2.00. The van der Waals surface area contributed by atoms with Crippen molar-refractivity contribution in [1.82, 2.24) is 4.98 Å². The van der Waals surface area contributed by atoms with Crippen LogP contribution in [0.15, 0.2) is 36.5 Å². The second-order valence-electron chi connectivity index (χ2n) is 4.62. The van der Waals surface area contributed by atoms with Gasteiger partial charge in [0.25, 0.3) is 0 Å². The summed E-state index contributed by atoms with van der Waals surface area (Å²) in [6, 6.07) is 13.0. The minimum atomic E-state index is 0.431. The molecule has 0 saturated heterocycles. The molecule has 0 amide bonds. The highest BCUT2D eigenvalue weighted by Gasteiger charge is 2.10. The maximum absolute atomic E-state index is 9.17. The molecule has 0 radical (unpaired) electrons. The van der Waals surface area contributed by atoms with Crippen LogP contribution >= 0.6 is 0 Å². The number of anilines is 1. The minimum absolute atomic E-state index is 0.431. The van der Waals surface area contributed by atoms with Crippen molar-refractivity contribution in [2.45, 2.75) is 19.9 Å². The molecule has 0 saturated carbocycles. The lowest BCUT2D eigenvalue weighted by molar-refractivity contribution is 0.302. The highest BCUT2D eigenvalue weighted by Crippen LogP contribution is 2.22. The summed E-state index contributed by atoms with van der Waals surface area (Å²) in [5.41, 5.74) is 2.31. The molecule has 0 atom stereocenters. The number of nitrogens with zero attached hydrogens (tertiary/aromatic N) is 3. The monoisotopic (exact) mass is 292 g/mol. The third-order valence-electron chi connectivity index (χ3n) is 3.05. The Labute approximate surface area is 129 Å². The number of hydrogen-bond donors (Lipinski definition) is 1. The Morgan fingerprint density at radius 3 is 2.50 bits per heavy atom. The molecule has 0 fully saturated rings. The maximum atomic E-state index is 9.17. The number of aromatic nitrogens is 1. The normalized spacial score (nSPS) is 9.59. The smallest absolute Gasteiger partial charge is 0.218 e.